The first kappa shape index (κ1) is 8.81. The van der Waals surface area contributed by atoms with E-state index in [1.165, 1.54) is 0 Å². The fourth-order valence-electron chi connectivity index (χ4n) is 1.41. The molecule has 0 aliphatic carbocycles. The molecule has 70 valence electrons. The number of benzene rings is 1. The molecule has 1 aromatic carbocycles. The SMILES string of the molecule is Cc1cc2ccc(CC=O)cc2nn1. The standard InChI is InChI=1S/C11H10N2O/c1-8-6-10-3-2-9(4-5-14)7-11(10)13-12-8/h2-3,5-7H,4H2,1H3. The van der Waals surface area contributed by atoms with Crippen LogP contribution in [0.1, 0.15) is 11.3 Å². The van der Waals surface area contributed by atoms with Gasteiger partial charge in [0.15, 0.2) is 0 Å². The summed E-state index contributed by atoms with van der Waals surface area (Å²) in [6, 6.07) is 7.79. The molecule has 0 radical (unpaired) electrons. The summed E-state index contributed by atoms with van der Waals surface area (Å²) in [5.41, 5.74) is 2.72. The van der Waals surface area contributed by atoms with Crippen molar-refractivity contribution in [3.63, 3.8) is 0 Å². The van der Waals surface area contributed by atoms with Crippen LogP contribution in [0.4, 0.5) is 0 Å². The predicted molar refractivity (Wildman–Crippen MR) is 54.0 cm³/mol. The molecule has 0 aliphatic heterocycles. The van der Waals surface area contributed by atoms with Crippen LogP contribution in [-0.2, 0) is 11.2 Å². The minimum Gasteiger partial charge on any atom is -0.303 e. The van der Waals surface area contributed by atoms with Crippen molar-refractivity contribution < 1.29 is 4.79 Å². The highest BCUT2D eigenvalue weighted by atomic mass is 16.1. The summed E-state index contributed by atoms with van der Waals surface area (Å²) < 4.78 is 0. The summed E-state index contributed by atoms with van der Waals surface area (Å²) in [7, 11) is 0. The van der Waals surface area contributed by atoms with Gasteiger partial charge in [-0.05, 0) is 24.6 Å². The molecule has 0 spiro atoms. The van der Waals surface area contributed by atoms with Gasteiger partial charge in [0.05, 0.1) is 11.2 Å². The number of hydrogen-bond acceptors (Lipinski definition) is 3. The van der Waals surface area contributed by atoms with Crippen LogP contribution in [0, 0.1) is 6.92 Å². The van der Waals surface area contributed by atoms with Crippen molar-refractivity contribution in [3.05, 3.63) is 35.5 Å². The zero-order valence-corrected chi connectivity index (χ0v) is 7.90. The van der Waals surface area contributed by atoms with E-state index >= 15 is 0 Å². The number of carbonyl (C=O) groups is 1. The highest BCUT2D eigenvalue weighted by Gasteiger charge is 1.98. The van der Waals surface area contributed by atoms with Crippen molar-refractivity contribution in [1.82, 2.24) is 10.2 Å². The molecule has 0 saturated carbocycles. The van der Waals surface area contributed by atoms with Crippen LogP contribution >= 0.6 is 0 Å². The molecule has 1 aromatic heterocycles. The largest absolute Gasteiger partial charge is 0.303 e. The van der Waals surface area contributed by atoms with Gasteiger partial charge in [0, 0.05) is 11.8 Å². The molecule has 0 saturated heterocycles. The number of carbonyl (C=O) groups excluding carboxylic acids is 1. The van der Waals surface area contributed by atoms with Gasteiger partial charge in [0.1, 0.15) is 6.29 Å². The van der Waals surface area contributed by atoms with E-state index in [2.05, 4.69) is 10.2 Å². The second kappa shape index (κ2) is 3.54. The van der Waals surface area contributed by atoms with Crippen LogP contribution in [0.3, 0.4) is 0 Å². The fraction of sp³-hybridized carbons (Fsp3) is 0.182. The zero-order valence-electron chi connectivity index (χ0n) is 7.90. The normalized spacial score (nSPS) is 10.4. The molecule has 0 bridgehead atoms. The molecule has 2 aromatic rings. The maximum absolute atomic E-state index is 10.3. The molecule has 3 nitrogen and oxygen atoms in total. The molecule has 0 aliphatic rings. The molecular weight excluding hydrogens is 176 g/mol. The number of nitrogens with zero attached hydrogens (tertiary/aromatic N) is 2. The monoisotopic (exact) mass is 186 g/mol. The molecular formula is C11H10N2O. The maximum atomic E-state index is 10.3. The van der Waals surface area contributed by atoms with Gasteiger partial charge in [0.25, 0.3) is 0 Å². The molecule has 14 heavy (non-hydrogen) atoms. The molecule has 0 fully saturated rings. The summed E-state index contributed by atoms with van der Waals surface area (Å²) in [5, 5.41) is 9.09. The Bertz CT molecular complexity index is 480. The molecule has 0 atom stereocenters. The molecule has 2 rings (SSSR count). The van der Waals surface area contributed by atoms with Crippen LogP contribution in [0.15, 0.2) is 24.3 Å². The number of fused-ring (bicyclic) bond motifs is 1. The third kappa shape index (κ3) is 1.62. The van der Waals surface area contributed by atoms with E-state index in [0.717, 1.165) is 28.4 Å². The molecule has 1 heterocycles. The Kier molecular flexibility index (Phi) is 2.23. The van der Waals surface area contributed by atoms with Crippen molar-refractivity contribution in [2.75, 3.05) is 0 Å². The number of aryl methyl sites for hydroxylation is 1. The smallest absolute Gasteiger partial charge is 0.124 e. The second-order valence-corrected chi connectivity index (χ2v) is 3.25. The van der Waals surface area contributed by atoms with Crippen molar-refractivity contribution in [3.8, 4) is 0 Å². The van der Waals surface area contributed by atoms with Gasteiger partial charge in [0.2, 0.25) is 0 Å². The van der Waals surface area contributed by atoms with Gasteiger partial charge >= 0.3 is 0 Å². The summed E-state index contributed by atoms with van der Waals surface area (Å²) in [4.78, 5) is 10.3. The molecule has 0 amide bonds. The topological polar surface area (TPSA) is 42.9 Å². The lowest BCUT2D eigenvalue weighted by atomic mass is 10.1. The average molecular weight is 186 g/mol. The van der Waals surface area contributed by atoms with E-state index in [0.29, 0.717) is 6.42 Å². The first-order chi connectivity index (χ1) is 6.79. The predicted octanol–water partition coefficient (Wildman–Crippen LogP) is 1.68. The zero-order chi connectivity index (χ0) is 9.97. The summed E-state index contributed by atoms with van der Waals surface area (Å²) in [6.45, 7) is 1.91. The van der Waals surface area contributed by atoms with Gasteiger partial charge in [-0.1, -0.05) is 12.1 Å². The van der Waals surface area contributed by atoms with E-state index in [1.54, 1.807) is 0 Å². The lowest BCUT2D eigenvalue weighted by Crippen LogP contribution is -1.90. The Hall–Kier alpha value is -1.77. The van der Waals surface area contributed by atoms with Crippen LogP contribution in [-0.4, -0.2) is 16.5 Å². The van der Waals surface area contributed by atoms with Crippen molar-refractivity contribution in [2.24, 2.45) is 0 Å². The van der Waals surface area contributed by atoms with E-state index in [9.17, 15) is 4.79 Å². The lowest BCUT2D eigenvalue weighted by Gasteiger charge is -1.99. The van der Waals surface area contributed by atoms with Crippen LogP contribution in [0.5, 0.6) is 0 Å². The number of rotatable bonds is 2. The Morgan fingerprint density at radius 2 is 2.14 bits per heavy atom. The highest BCUT2D eigenvalue weighted by Crippen LogP contribution is 2.13. The van der Waals surface area contributed by atoms with Crippen molar-refractivity contribution in [1.29, 1.82) is 0 Å². The van der Waals surface area contributed by atoms with Crippen LogP contribution in [0.2, 0.25) is 0 Å². The lowest BCUT2D eigenvalue weighted by molar-refractivity contribution is -0.107. The first-order valence-electron chi connectivity index (χ1n) is 4.46. The number of aldehydes is 1. The fourth-order valence-corrected chi connectivity index (χ4v) is 1.41. The van der Waals surface area contributed by atoms with E-state index in [4.69, 9.17) is 0 Å². The summed E-state index contributed by atoms with van der Waals surface area (Å²) in [6.07, 6.45) is 1.33. The van der Waals surface area contributed by atoms with Gasteiger partial charge in [-0.25, -0.2) is 0 Å². The third-order valence-corrected chi connectivity index (χ3v) is 2.09. The van der Waals surface area contributed by atoms with Crippen molar-refractivity contribution >= 4 is 17.2 Å². The Morgan fingerprint density at radius 1 is 1.29 bits per heavy atom. The Labute approximate surface area is 81.8 Å². The van der Waals surface area contributed by atoms with E-state index in [-0.39, 0.29) is 0 Å². The van der Waals surface area contributed by atoms with Gasteiger partial charge < -0.3 is 4.79 Å². The van der Waals surface area contributed by atoms with E-state index in [1.807, 2.05) is 31.2 Å². The van der Waals surface area contributed by atoms with Gasteiger partial charge in [-0.2, -0.15) is 10.2 Å². The van der Waals surface area contributed by atoms with Gasteiger partial charge in [-0.15, -0.1) is 0 Å². The minimum absolute atomic E-state index is 0.436. The minimum atomic E-state index is 0.436. The first-order valence-corrected chi connectivity index (χ1v) is 4.46. The Balaban J connectivity index is 2.55. The molecule has 0 unspecified atom stereocenters. The van der Waals surface area contributed by atoms with Gasteiger partial charge in [-0.3, -0.25) is 0 Å². The maximum Gasteiger partial charge on any atom is 0.124 e. The molecule has 3 heteroatoms. The van der Waals surface area contributed by atoms with Crippen LogP contribution in [0.25, 0.3) is 10.9 Å². The van der Waals surface area contributed by atoms with E-state index < -0.39 is 0 Å². The van der Waals surface area contributed by atoms with Crippen LogP contribution < -0.4 is 0 Å². The second-order valence-electron chi connectivity index (χ2n) is 3.25. The highest BCUT2D eigenvalue weighted by molar-refractivity contribution is 5.79. The molecule has 0 N–H and O–H groups in total. The summed E-state index contributed by atoms with van der Waals surface area (Å²) >= 11 is 0. The number of aromatic nitrogens is 2. The number of hydrogen-bond donors (Lipinski definition) is 0. The quantitative estimate of drug-likeness (QED) is 0.670. The van der Waals surface area contributed by atoms with Crippen molar-refractivity contribution in [2.45, 2.75) is 13.3 Å². The Morgan fingerprint density at radius 3 is 2.93 bits per heavy atom. The average Bonchev–Trinajstić information content (AvgIpc) is 2.19. The summed E-state index contributed by atoms with van der Waals surface area (Å²) in [5.74, 6) is 0. The third-order valence-electron chi connectivity index (χ3n) is 2.09.